The maximum absolute atomic E-state index is 12.1. The largest absolute Gasteiger partial charge is 0.455 e. The number of aliphatic hydroxyl groups excluding tert-OH is 1. The van der Waals surface area contributed by atoms with Crippen LogP contribution in [0.4, 0.5) is 0 Å². The highest BCUT2D eigenvalue weighted by molar-refractivity contribution is 7.85. The molecule has 4 heteroatoms. The molecule has 0 spiro atoms. The molecule has 0 amide bonds. The lowest BCUT2D eigenvalue weighted by Crippen LogP contribution is -1.95. The van der Waals surface area contributed by atoms with Crippen LogP contribution in [0.15, 0.2) is 51.0 Å². The Morgan fingerprint density at radius 2 is 1.94 bits per heavy atom. The molecule has 1 N–H and O–H groups in total. The molecule has 0 saturated carbocycles. The molecule has 0 radical (unpaired) electrons. The lowest BCUT2D eigenvalue weighted by molar-refractivity contribution is 0.273. The van der Waals surface area contributed by atoms with Gasteiger partial charge in [0.15, 0.2) is 5.09 Å². The number of furan rings is 1. The van der Waals surface area contributed by atoms with E-state index in [1.807, 2.05) is 19.1 Å². The Morgan fingerprint density at radius 3 is 2.56 bits per heavy atom. The minimum Gasteiger partial charge on any atom is -0.455 e. The van der Waals surface area contributed by atoms with Gasteiger partial charge in [-0.15, -0.1) is 0 Å². The first-order chi connectivity index (χ1) is 7.72. The molecule has 1 heterocycles. The fourth-order valence-electron chi connectivity index (χ4n) is 1.37. The summed E-state index contributed by atoms with van der Waals surface area (Å²) in [6, 6.07) is 9.02. The van der Waals surface area contributed by atoms with Gasteiger partial charge in [-0.05, 0) is 25.1 Å². The molecule has 2 rings (SSSR count). The van der Waals surface area contributed by atoms with Crippen LogP contribution in [-0.2, 0) is 17.4 Å². The summed E-state index contributed by atoms with van der Waals surface area (Å²) in [6.45, 7) is 1.81. The van der Waals surface area contributed by atoms with Crippen molar-refractivity contribution < 1.29 is 13.7 Å². The topological polar surface area (TPSA) is 50.4 Å². The molecule has 1 atom stereocenters. The van der Waals surface area contributed by atoms with E-state index in [1.165, 1.54) is 6.26 Å². The van der Waals surface area contributed by atoms with Crippen LogP contribution in [0.2, 0.25) is 0 Å². The molecule has 0 aliphatic rings. The zero-order valence-corrected chi connectivity index (χ0v) is 9.66. The quantitative estimate of drug-likeness (QED) is 0.889. The first kappa shape index (κ1) is 11.1. The summed E-state index contributed by atoms with van der Waals surface area (Å²) < 4.78 is 17.2. The molecular weight excluding hydrogens is 224 g/mol. The van der Waals surface area contributed by atoms with E-state index >= 15 is 0 Å². The molecule has 1 aromatic heterocycles. The molecule has 84 valence electrons. The molecular formula is C12H12O3S. The van der Waals surface area contributed by atoms with Crippen molar-refractivity contribution >= 4 is 10.8 Å². The molecule has 0 fully saturated rings. The summed E-state index contributed by atoms with van der Waals surface area (Å²) in [5.74, 6) is 0. The third kappa shape index (κ3) is 2.08. The van der Waals surface area contributed by atoms with Crippen LogP contribution in [0.1, 0.15) is 11.1 Å². The number of aryl methyl sites for hydroxylation is 1. The second-order valence-corrected chi connectivity index (χ2v) is 4.85. The molecule has 16 heavy (non-hydrogen) atoms. The Balaban J connectivity index is 2.35. The second kappa shape index (κ2) is 4.63. The van der Waals surface area contributed by atoms with Crippen LogP contribution in [0.25, 0.3) is 0 Å². The van der Waals surface area contributed by atoms with Crippen molar-refractivity contribution in [2.45, 2.75) is 23.5 Å². The Bertz CT molecular complexity index is 499. The Labute approximate surface area is 96.2 Å². The maximum Gasteiger partial charge on any atom is 0.200 e. The van der Waals surface area contributed by atoms with Gasteiger partial charge in [0, 0.05) is 10.5 Å². The van der Waals surface area contributed by atoms with Gasteiger partial charge < -0.3 is 9.52 Å². The normalized spacial score (nSPS) is 12.6. The summed E-state index contributed by atoms with van der Waals surface area (Å²) in [4.78, 5) is 0.676. The Hall–Kier alpha value is -1.39. The zero-order chi connectivity index (χ0) is 11.5. The molecule has 0 saturated heterocycles. The molecule has 2 aromatic rings. The van der Waals surface area contributed by atoms with E-state index in [0.717, 1.165) is 5.56 Å². The smallest absolute Gasteiger partial charge is 0.200 e. The van der Waals surface area contributed by atoms with Crippen molar-refractivity contribution in [3.63, 3.8) is 0 Å². The SMILES string of the molecule is Cc1ccc(S(=O)c2occc2CO)cc1. The van der Waals surface area contributed by atoms with Crippen molar-refractivity contribution in [2.75, 3.05) is 0 Å². The van der Waals surface area contributed by atoms with Crippen LogP contribution in [-0.4, -0.2) is 9.32 Å². The van der Waals surface area contributed by atoms with Gasteiger partial charge in [-0.25, -0.2) is 4.21 Å². The first-order valence-corrected chi connectivity index (χ1v) is 6.03. The van der Waals surface area contributed by atoms with Crippen molar-refractivity contribution in [2.24, 2.45) is 0 Å². The van der Waals surface area contributed by atoms with E-state index in [-0.39, 0.29) is 6.61 Å². The van der Waals surface area contributed by atoms with Crippen LogP contribution in [0, 0.1) is 6.92 Å². The van der Waals surface area contributed by atoms with E-state index in [2.05, 4.69) is 0 Å². The van der Waals surface area contributed by atoms with Crippen molar-refractivity contribution in [3.05, 3.63) is 47.7 Å². The number of hydrogen-bond donors (Lipinski definition) is 1. The molecule has 1 aromatic carbocycles. The molecule has 1 unspecified atom stereocenters. The number of rotatable bonds is 3. The number of benzene rings is 1. The third-order valence-electron chi connectivity index (χ3n) is 2.28. The third-order valence-corrected chi connectivity index (χ3v) is 3.68. The van der Waals surface area contributed by atoms with Gasteiger partial charge in [0.05, 0.1) is 12.9 Å². The molecule has 0 aliphatic heterocycles. The summed E-state index contributed by atoms with van der Waals surface area (Å²) in [5.41, 5.74) is 1.68. The van der Waals surface area contributed by atoms with Gasteiger partial charge in [-0.1, -0.05) is 17.7 Å². The van der Waals surface area contributed by atoms with E-state index in [1.54, 1.807) is 18.2 Å². The van der Waals surface area contributed by atoms with Crippen LogP contribution < -0.4 is 0 Å². The molecule has 3 nitrogen and oxygen atoms in total. The Morgan fingerprint density at radius 1 is 1.25 bits per heavy atom. The fourth-order valence-corrected chi connectivity index (χ4v) is 2.48. The maximum atomic E-state index is 12.1. The van der Waals surface area contributed by atoms with Crippen LogP contribution >= 0.6 is 0 Å². The van der Waals surface area contributed by atoms with Gasteiger partial charge >= 0.3 is 0 Å². The minimum atomic E-state index is -1.36. The lowest BCUT2D eigenvalue weighted by Gasteiger charge is -2.01. The average molecular weight is 236 g/mol. The van der Waals surface area contributed by atoms with Crippen molar-refractivity contribution in [1.82, 2.24) is 0 Å². The van der Waals surface area contributed by atoms with E-state index < -0.39 is 10.8 Å². The summed E-state index contributed by atoms with van der Waals surface area (Å²) >= 11 is 0. The average Bonchev–Trinajstić information content (AvgIpc) is 2.77. The highest BCUT2D eigenvalue weighted by Crippen LogP contribution is 2.21. The monoisotopic (exact) mass is 236 g/mol. The highest BCUT2D eigenvalue weighted by Gasteiger charge is 2.14. The first-order valence-electron chi connectivity index (χ1n) is 4.88. The van der Waals surface area contributed by atoms with Gasteiger partial charge in [-0.3, -0.25) is 0 Å². The van der Waals surface area contributed by atoms with Crippen molar-refractivity contribution in [1.29, 1.82) is 0 Å². The lowest BCUT2D eigenvalue weighted by atomic mass is 10.2. The van der Waals surface area contributed by atoms with E-state index in [9.17, 15) is 4.21 Å². The summed E-state index contributed by atoms with van der Waals surface area (Å²) in [7, 11) is -1.36. The number of aliphatic hydroxyl groups is 1. The predicted octanol–water partition coefficient (Wildman–Crippen LogP) is 2.25. The van der Waals surface area contributed by atoms with Gasteiger partial charge in [0.2, 0.25) is 0 Å². The predicted molar refractivity (Wildman–Crippen MR) is 60.5 cm³/mol. The summed E-state index contributed by atoms with van der Waals surface area (Å²) in [5, 5.41) is 9.38. The van der Waals surface area contributed by atoms with Gasteiger partial charge in [0.1, 0.15) is 10.8 Å². The minimum absolute atomic E-state index is 0.163. The van der Waals surface area contributed by atoms with E-state index in [4.69, 9.17) is 9.52 Å². The zero-order valence-electron chi connectivity index (χ0n) is 8.84. The summed E-state index contributed by atoms with van der Waals surface area (Å²) in [6.07, 6.45) is 1.44. The Kier molecular flexibility index (Phi) is 3.22. The molecule has 0 aliphatic carbocycles. The fraction of sp³-hybridized carbons (Fsp3) is 0.167. The second-order valence-electron chi connectivity index (χ2n) is 3.47. The van der Waals surface area contributed by atoms with Crippen LogP contribution in [0.3, 0.4) is 0 Å². The highest BCUT2D eigenvalue weighted by atomic mass is 32.2. The standard InChI is InChI=1S/C12H12O3S/c1-9-2-4-11(5-3-9)16(14)12-10(8-13)6-7-15-12/h2-7,13H,8H2,1H3. The van der Waals surface area contributed by atoms with Crippen LogP contribution in [0.5, 0.6) is 0 Å². The van der Waals surface area contributed by atoms with Crippen molar-refractivity contribution in [3.8, 4) is 0 Å². The van der Waals surface area contributed by atoms with Gasteiger partial charge in [0.25, 0.3) is 0 Å². The molecule has 0 bridgehead atoms. The number of hydrogen-bond acceptors (Lipinski definition) is 3. The van der Waals surface area contributed by atoms with Gasteiger partial charge in [-0.2, -0.15) is 0 Å². The van der Waals surface area contributed by atoms with E-state index in [0.29, 0.717) is 15.6 Å².